The molecule has 2 fully saturated rings. The second-order valence-corrected chi connectivity index (χ2v) is 5.81. The van der Waals surface area contributed by atoms with Crippen LogP contribution < -0.4 is 5.73 Å². The van der Waals surface area contributed by atoms with Gasteiger partial charge in [-0.25, -0.2) is 0 Å². The highest BCUT2D eigenvalue weighted by Crippen LogP contribution is 2.37. The number of carbonyl (C=O) groups is 2. The smallest absolute Gasteiger partial charge is 0.307 e. The van der Waals surface area contributed by atoms with E-state index in [1.165, 1.54) is 0 Å². The average molecular weight is 254 g/mol. The summed E-state index contributed by atoms with van der Waals surface area (Å²) in [6.07, 6.45) is 3.19. The summed E-state index contributed by atoms with van der Waals surface area (Å²) in [4.78, 5) is 25.4. The molecule has 1 amide bonds. The molecule has 2 rings (SSSR count). The number of hydrogen-bond donors (Lipinski definition) is 2. The fourth-order valence-corrected chi connectivity index (χ4v) is 3.28. The van der Waals surface area contributed by atoms with Crippen LogP contribution in [0.25, 0.3) is 0 Å². The fourth-order valence-electron chi connectivity index (χ4n) is 3.28. The molecule has 102 valence electrons. The summed E-state index contributed by atoms with van der Waals surface area (Å²) in [6, 6.07) is 0.0461. The van der Waals surface area contributed by atoms with E-state index in [0.29, 0.717) is 25.3 Å². The average Bonchev–Trinajstić information content (AvgIpc) is 2.70. The van der Waals surface area contributed by atoms with Crippen molar-refractivity contribution in [3.05, 3.63) is 0 Å². The number of carboxylic acid groups (broad SMARTS) is 1. The summed E-state index contributed by atoms with van der Waals surface area (Å²) in [5.41, 5.74) is 5.87. The summed E-state index contributed by atoms with van der Waals surface area (Å²) < 4.78 is 0. The molecule has 1 aliphatic carbocycles. The summed E-state index contributed by atoms with van der Waals surface area (Å²) in [7, 11) is 0. The second-order valence-electron chi connectivity index (χ2n) is 5.81. The number of carboxylic acids is 1. The third-order valence-corrected chi connectivity index (χ3v) is 4.20. The van der Waals surface area contributed by atoms with Crippen molar-refractivity contribution in [2.24, 2.45) is 23.5 Å². The number of aliphatic carboxylic acids is 1. The molecule has 0 aromatic carbocycles. The molecule has 0 radical (unpaired) electrons. The third-order valence-electron chi connectivity index (χ3n) is 4.20. The maximum atomic E-state index is 12.4. The summed E-state index contributed by atoms with van der Waals surface area (Å²) >= 11 is 0. The minimum Gasteiger partial charge on any atom is -0.481 e. The van der Waals surface area contributed by atoms with Gasteiger partial charge in [0.05, 0.1) is 11.8 Å². The van der Waals surface area contributed by atoms with Crippen molar-refractivity contribution < 1.29 is 14.7 Å². The van der Waals surface area contributed by atoms with E-state index in [2.05, 4.69) is 0 Å². The number of piperidine rings is 1. The molecule has 5 nitrogen and oxygen atoms in total. The van der Waals surface area contributed by atoms with Crippen LogP contribution in [0.15, 0.2) is 0 Å². The van der Waals surface area contributed by atoms with Gasteiger partial charge in [-0.15, -0.1) is 0 Å². The lowest BCUT2D eigenvalue weighted by Crippen LogP contribution is -2.48. The maximum Gasteiger partial charge on any atom is 0.307 e. The highest BCUT2D eigenvalue weighted by Gasteiger charge is 2.43. The van der Waals surface area contributed by atoms with Crippen LogP contribution >= 0.6 is 0 Å². The monoisotopic (exact) mass is 254 g/mol. The van der Waals surface area contributed by atoms with Crippen LogP contribution in [0.4, 0.5) is 0 Å². The number of amides is 1. The molecule has 0 aromatic rings. The van der Waals surface area contributed by atoms with Gasteiger partial charge in [-0.2, -0.15) is 0 Å². The lowest BCUT2D eigenvalue weighted by Gasteiger charge is -2.33. The van der Waals surface area contributed by atoms with E-state index in [0.717, 1.165) is 19.4 Å². The molecular weight excluding hydrogens is 232 g/mol. The van der Waals surface area contributed by atoms with Crippen molar-refractivity contribution in [3.63, 3.8) is 0 Å². The highest BCUT2D eigenvalue weighted by atomic mass is 16.4. The van der Waals surface area contributed by atoms with Gasteiger partial charge in [-0.05, 0) is 31.6 Å². The Bertz CT molecular complexity index is 345. The van der Waals surface area contributed by atoms with Crippen LogP contribution in [-0.2, 0) is 9.59 Å². The van der Waals surface area contributed by atoms with Gasteiger partial charge in [0.2, 0.25) is 5.91 Å². The van der Waals surface area contributed by atoms with E-state index in [4.69, 9.17) is 5.73 Å². The van der Waals surface area contributed by atoms with E-state index in [9.17, 15) is 14.7 Å². The SMILES string of the molecule is CC1C[C@H](C(=O)N2CCCC(N)C2)[C@H](C(=O)O)C1. The number of nitrogens with zero attached hydrogens (tertiary/aromatic N) is 1. The van der Waals surface area contributed by atoms with Crippen LogP contribution in [0, 0.1) is 17.8 Å². The first kappa shape index (κ1) is 13.3. The first-order valence-corrected chi connectivity index (χ1v) is 6.76. The molecule has 18 heavy (non-hydrogen) atoms. The van der Waals surface area contributed by atoms with E-state index in [1.54, 1.807) is 4.90 Å². The lowest BCUT2D eigenvalue weighted by molar-refractivity contribution is -0.149. The zero-order valence-corrected chi connectivity index (χ0v) is 10.8. The maximum absolute atomic E-state index is 12.4. The highest BCUT2D eigenvalue weighted by molar-refractivity contribution is 5.85. The van der Waals surface area contributed by atoms with E-state index in [1.807, 2.05) is 6.92 Å². The number of rotatable bonds is 2. The predicted molar refractivity (Wildman–Crippen MR) is 66.8 cm³/mol. The number of carbonyl (C=O) groups excluding carboxylic acids is 1. The van der Waals surface area contributed by atoms with Crippen molar-refractivity contribution in [2.45, 2.75) is 38.6 Å². The van der Waals surface area contributed by atoms with Crippen LogP contribution in [0.1, 0.15) is 32.6 Å². The van der Waals surface area contributed by atoms with Gasteiger partial charge in [0, 0.05) is 19.1 Å². The summed E-state index contributed by atoms with van der Waals surface area (Å²) in [5.74, 6) is -1.37. The van der Waals surface area contributed by atoms with E-state index in [-0.39, 0.29) is 17.9 Å². The first-order valence-electron chi connectivity index (χ1n) is 6.76. The molecule has 0 bridgehead atoms. The van der Waals surface area contributed by atoms with Crippen LogP contribution in [0.2, 0.25) is 0 Å². The number of hydrogen-bond acceptors (Lipinski definition) is 3. The molecule has 2 unspecified atom stereocenters. The predicted octanol–water partition coefficient (Wildman–Crippen LogP) is 0.683. The van der Waals surface area contributed by atoms with Gasteiger partial charge in [0.15, 0.2) is 0 Å². The largest absolute Gasteiger partial charge is 0.481 e. The molecular formula is C13H22N2O3. The standard InChI is InChI=1S/C13H22N2O3/c1-8-5-10(11(6-8)13(17)18)12(16)15-4-2-3-9(14)7-15/h8-11H,2-7,14H2,1H3,(H,17,18)/t8?,9?,10-,11+/m0/s1. The van der Waals surface area contributed by atoms with Crippen LogP contribution in [-0.4, -0.2) is 41.0 Å². The summed E-state index contributed by atoms with van der Waals surface area (Å²) in [5, 5.41) is 9.21. The molecule has 3 N–H and O–H groups in total. The first-order chi connectivity index (χ1) is 8.49. The van der Waals surface area contributed by atoms with Crippen LogP contribution in [0.3, 0.4) is 0 Å². The molecule has 0 spiro atoms. The zero-order chi connectivity index (χ0) is 13.3. The molecule has 5 heteroatoms. The number of nitrogens with two attached hydrogens (primary N) is 1. The van der Waals surface area contributed by atoms with Gasteiger partial charge in [-0.1, -0.05) is 6.92 Å². The Kier molecular flexibility index (Phi) is 3.90. The van der Waals surface area contributed by atoms with Gasteiger partial charge in [-0.3, -0.25) is 9.59 Å². The molecule has 1 saturated carbocycles. The van der Waals surface area contributed by atoms with E-state index < -0.39 is 11.9 Å². The van der Waals surface area contributed by atoms with Gasteiger partial charge in [0.1, 0.15) is 0 Å². The third kappa shape index (κ3) is 2.66. The van der Waals surface area contributed by atoms with Crippen molar-refractivity contribution in [3.8, 4) is 0 Å². The van der Waals surface area contributed by atoms with Crippen molar-refractivity contribution in [2.75, 3.05) is 13.1 Å². The van der Waals surface area contributed by atoms with Gasteiger partial charge < -0.3 is 15.7 Å². The van der Waals surface area contributed by atoms with Crippen LogP contribution in [0.5, 0.6) is 0 Å². The Hall–Kier alpha value is -1.10. The molecule has 0 aromatic heterocycles. The van der Waals surface area contributed by atoms with Crippen molar-refractivity contribution in [1.82, 2.24) is 4.90 Å². The quantitative estimate of drug-likeness (QED) is 0.759. The Morgan fingerprint density at radius 3 is 2.56 bits per heavy atom. The lowest BCUT2D eigenvalue weighted by atomic mass is 9.93. The zero-order valence-electron chi connectivity index (χ0n) is 10.8. The Morgan fingerprint density at radius 2 is 1.94 bits per heavy atom. The Morgan fingerprint density at radius 1 is 1.28 bits per heavy atom. The number of likely N-dealkylation sites (tertiary alicyclic amines) is 1. The van der Waals surface area contributed by atoms with E-state index >= 15 is 0 Å². The molecule has 2 aliphatic rings. The fraction of sp³-hybridized carbons (Fsp3) is 0.846. The van der Waals surface area contributed by atoms with Gasteiger partial charge in [0.25, 0.3) is 0 Å². The van der Waals surface area contributed by atoms with Crippen molar-refractivity contribution >= 4 is 11.9 Å². The summed E-state index contributed by atoms with van der Waals surface area (Å²) in [6.45, 7) is 3.32. The second kappa shape index (κ2) is 5.26. The van der Waals surface area contributed by atoms with Crippen molar-refractivity contribution in [1.29, 1.82) is 0 Å². The minimum absolute atomic E-state index is 0.00176. The topological polar surface area (TPSA) is 83.6 Å². The normalized spacial score (nSPS) is 36.7. The molecule has 1 saturated heterocycles. The molecule has 1 aliphatic heterocycles. The molecule has 4 atom stereocenters. The Balaban J connectivity index is 2.05. The van der Waals surface area contributed by atoms with Gasteiger partial charge >= 0.3 is 5.97 Å². The Labute approximate surface area is 107 Å². The minimum atomic E-state index is -0.834. The molecule has 1 heterocycles.